The maximum Gasteiger partial charge on any atom is 0.290 e. The van der Waals surface area contributed by atoms with Gasteiger partial charge in [0.25, 0.3) is 5.91 Å². The number of aliphatic hydroxyl groups excluding tert-OH is 1. The van der Waals surface area contributed by atoms with E-state index >= 15 is 0 Å². The van der Waals surface area contributed by atoms with Gasteiger partial charge in [0, 0.05) is 26.2 Å². The number of unbranched alkanes of at least 4 members (excludes halogenated alkanes) is 2. The van der Waals surface area contributed by atoms with Gasteiger partial charge in [-0.25, -0.2) is 0 Å². The highest BCUT2D eigenvalue weighted by molar-refractivity contribution is 6.15. The number of furan rings is 1. The molecule has 188 valence electrons. The van der Waals surface area contributed by atoms with Crippen molar-refractivity contribution in [2.45, 2.75) is 39.2 Å². The van der Waals surface area contributed by atoms with Gasteiger partial charge in [-0.05, 0) is 43.2 Å². The number of morpholine rings is 1. The van der Waals surface area contributed by atoms with Crippen LogP contribution >= 0.6 is 0 Å². The summed E-state index contributed by atoms with van der Waals surface area (Å²) in [7, 11) is 0. The van der Waals surface area contributed by atoms with Crippen molar-refractivity contribution in [2.24, 2.45) is 0 Å². The molecule has 1 fully saturated rings. The van der Waals surface area contributed by atoms with Gasteiger partial charge in [-0.2, -0.15) is 0 Å². The molecule has 3 heterocycles. The molecule has 0 saturated carbocycles. The first-order valence-electron chi connectivity index (χ1n) is 12.4. The van der Waals surface area contributed by atoms with Crippen LogP contribution in [0.1, 0.15) is 54.1 Å². The Hall–Kier alpha value is -3.10. The van der Waals surface area contributed by atoms with Crippen molar-refractivity contribution in [1.29, 1.82) is 0 Å². The Labute approximate surface area is 206 Å². The van der Waals surface area contributed by atoms with Crippen LogP contribution in [-0.4, -0.2) is 72.6 Å². The summed E-state index contributed by atoms with van der Waals surface area (Å²) < 4.78 is 16.9. The topological polar surface area (TPSA) is 92.5 Å². The van der Waals surface area contributed by atoms with Gasteiger partial charge in [0.2, 0.25) is 5.78 Å². The number of aliphatic hydroxyl groups is 1. The van der Waals surface area contributed by atoms with Crippen LogP contribution in [0.5, 0.6) is 5.75 Å². The molecule has 8 heteroatoms. The second-order valence-electron chi connectivity index (χ2n) is 8.98. The Balaban J connectivity index is 1.63. The molecular formula is C27H34N2O6. The summed E-state index contributed by atoms with van der Waals surface area (Å²) in [6, 6.07) is 9.96. The van der Waals surface area contributed by atoms with Gasteiger partial charge in [-0.1, -0.05) is 31.9 Å². The normalized spacial score (nSPS) is 19.0. The molecule has 1 aromatic carbocycles. The summed E-state index contributed by atoms with van der Waals surface area (Å²) in [5, 5.41) is 10.9. The summed E-state index contributed by atoms with van der Waals surface area (Å²) in [6.07, 6.45) is 3.15. The van der Waals surface area contributed by atoms with E-state index in [1.54, 1.807) is 24.0 Å². The molecule has 4 rings (SSSR count). The largest absolute Gasteiger partial charge is 0.503 e. The summed E-state index contributed by atoms with van der Waals surface area (Å²) in [6.45, 7) is 8.34. The number of ether oxygens (including phenoxy) is 2. The average molecular weight is 483 g/mol. The lowest BCUT2D eigenvalue weighted by Gasteiger charge is -2.31. The Morgan fingerprint density at radius 1 is 1.14 bits per heavy atom. The second-order valence-corrected chi connectivity index (χ2v) is 8.98. The highest BCUT2D eigenvalue weighted by Gasteiger charge is 2.44. The zero-order valence-electron chi connectivity index (χ0n) is 20.5. The van der Waals surface area contributed by atoms with Crippen LogP contribution in [0.15, 0.2) is 52.1 Å². The molecule has 35 heavy (non-hydrogen) atoms. The van der Waals surface area contributed by atoms with E-state index in [1.165, 1.54) is 0 Å². The van der Waals surface area contributed by atoms with Crippen LogP contribution in [0.25, 0.3) is 0 Å². The average Bonchev–Trinajstić information content (AvgIpc) is 3.42. The fourth-order valence-corrected chi connectivity index (χ4v) is 4.54. The summed E-state index contributed by atoms with van der Waals surface area (Å²) in [5.74, 6) is -0.206. The van der Waals surface area contributed by atoms with Gasteiger partial charge < -0.3 is 23.9 Å². The zero-order chi connectivity index (χ0) is 24.8. The number of aryl methyl sites for hydroxylation is 1. The molecule has 1 saturated heterocycles. The van der Waals surface area contributed by atoms with Crippen LogP contribution in [0.2, 0.25) is 0 Å². The van der Waals surface area contributed by atoms with Gasteiger partial charge in [0.1, 0.15) is 11.5 Å². The highest BCUT2D eigenvalue weighted by Crippen LogP contribution is 2.40. The van der Waals surface area contributed by atoms with Gasteiger partial charge >= 0.3 is 0 Å². The van der Waals surface area contributed by atoms with Crippen molar-refractivity contribution in [3.8, 4) is 5.75 Å². The van der Waals surface area contributed by atoms with E-state index in [-0.39, 0.29) is 11.3 Å². The lowest BCUT2D eigenvalue weighted by atomic mass is 9.95. The monoisotopic (exact) mass is 482 g/mol. The molecule has 2 aliphatic heterocycles. The molecular weight excluding hydrogens is 448 g/mol. The number of benzene rings is 1. The number of carbonyl (C=O) groups is 2. The van der Waals surface area contributed by atoms with Gasteiger partial charge in [0.05, 0.1) is 31.4 Å². The smallest absolute Gasteiger partial charge is 0.290 e. The SMILES string of the molecule is CCCCCOc1cccc(C2C(C(=O)c3ccc(C)o3)=C(O)C(=O)N2CCN2CCOCC2)c1. The molecule has 8 nitrogen and oxygen atoms in total. The van der Waals surface area contributed by atoms with Gasteiger partial charge in [-0.15, -0.1) is 0 Å². The van der Waals surface area contributed by atoms with Crippen molar-refractivity contribution in [3.05, 3.63) is 64.8 Å². The number of nitrogens with zero attached hydrogens (tertiary/aromatic N) is 2. The Morgan fingerprint density at radius 2 is 1.94 bits per heavy atom. The first-order valence-corrected chi connectivity index (χ1v) is 12.4. The minimum absolute atomic E-state index is 0.0365. The van der Waals surface area contributed by atoms with Crippen molar-refractivity contribution in [2.75, 3.05) is 46.0 Å². The van der Waals surface area contributed by atoms with Gasteiger partial charge in [0.15, 0.2) is 11.5 Å². The molecule has 2 aliphatic rings. The second kappa shape index (κ2) is 11.6. The summed E-state index contributed by atoms with van der Waals surface area (Å²) >= 11 is 0. The Morgan fingerprint density at radius 3 is 2.66 bits per heavy atom. The molecule has 0 aliphatic carbocycles. The number of ketones is 1. The van der Waals surface area contributed by atoms with Crippen LogP contribution in [0, 0.1) is 6.92 Å². The number of Topliss-reactive ketones (excluding diaryl/α,β-unsaturated/α-hetero) is 1. The van der Waals surface area contributed by atoms with Crippen LogP contribution in [0.4, 0.5) is 0 Å². The molecule has 1 unspecified atom stereocenters. The number of carbonyl (C=O) groups excluding carboxylic acids is 2. The number of rotatable bonds is 11. The molecule has 1 atom stereocenters. The van der Waals surface area contributed by atoms with Gasteiger partial charge in [-0.3, -0.25) is 14.5 Å². The van der Waals surface area contributed by atoms with E-state index in [0.29, 0.717) is 50.0 Å². The van der Waals surface area contributed by atoms with Crippen LogP contribution in [-0.2, 0) is 9.53 Å². The van der Waals surface area contributed by atoms with E-state index < -0.39 is 23.5 Å². The Kier molecular flexibility index (Phi) is 8.25. The lowest BCUT2D eigenvalue weighted by Crippen LogP contribution is -2.43. The zero-order valence-corrected chi connectivity index (χ0v) is 20.5. The quantitative estimate of drug-likeness (QED) is 0.381. The van der Waals surface area contributed by atoms with Crippen LogP contribution < -0.4 is 4.74 Å². The third-order valence-corrected chi connectivity index (χ3v) is 6.46. The highest BCUT2D eigenvalue weighted by atomic mass is 16.5. The first kappa shape index (κ1) is 25.0. The fraction of sp³-hybridized carbons (Fsp3) is 0.481. The minimum Gasteiger partial charge on any atom is -0.503 e. The van der Waals surface area contributed by atoms with E-state index in [1.807, 2.05) is 24.3 Å². The molecule has 0 bridgehead atoms. The third kappa shape index (κ3) is 5.77. The van der Waals surface area contributed by atoms with Crippen molar-refractivity contribution < 1.29 is 28.6 Å². The third-order valence-electron chi connectivity index (χ3n) is 6.46. The van der Waals surface area contributed by atoms with E-state index in [9.17, 15) is 14.7 Å². The number of amides is 1. The lowest BCUT2D eigenvalue weighted by molar-refractivity contribution is -0.129. The maximum atomic E-state index is 13.4. The van der Waals surface area contributed by atoms with Crippen LogP contribution in [0.3, 0.4) is 0 Å². The van der Waals surface area contributed by atoms with E-state index in [2.05, 4.69) is 11.8 Å². The number of hydrogen-bond acceptors (Lipinski definition) is 7. The minimum atomic E-state index is -0.736. The standard InChI is InChI=1S/C27H34N2O6/c1-3-4-5-15-34-21-8-6-7-20(18-21)24-23(25(30)22-10-9-19(2)35-22)26(31)27(32)29(24)12-11-28-13-16-33-17-14-28/h6-10,18,24,31H,3-5,11-17H2,1-2H3. The predicted molar refractivity (Wildman–Crippen MR) is 131 cm³/mol. The molecule has 1 amide bonds. The molecule has 1 aromatic heterocycles. The van der Waals surface area contributed by atoms with Crippen molar-refractivity contribution >= 4 is 11.7 Å². The first-order chi connectivity index (χ1) is 17.0. The molecule has 2 aromatic rings. The van der Waals surface area contributed by atoms with E-state index in [0.717, 1.165) is 32.4 Å². The predicted octanol–water partition coefficient (Wildman–Crippen LogP) is 4.07. The summed E-state index contributed by atoms with van der Waals surface area (Å²) in [4.78, 5) is 30.4. The number of hydrogen-bond donors (Lipinski definition) is 1. The summed E-state index contributed by atoms with van der Waals surface area (Å²) in [5.41, 5.74) is 0.749. The molecule has 0 radical (unpaired) electrons. The van der Waals surface area contributed by atoms with Crippen molar-refractivity contribution in [3.63, 3.8) is 0 Å². The fourth-order valence-electron chi connectivity index (χ4n) is 4.54. The van der Waals surface area contributed by atoms with E-state index in [4.69, 9.17) is 13.9 Å². The molecule has 0 spiro atoms. The van der Waals surface area contributed by atoms with Crippen molar-refractivity contribution in [1.82, 2.24) is 9.80 Å². The molecule has 1 N–H and O–H groups in total. The Bertz CT molecular complexity index is 1070. The maximum absolute atomic E-state index is 13.4.